The lowest BCUT2D eigenvalue weighted by Crippen LogP contribution is -2.18. The first-order valence-corrected chi connectivity index (χ1v) is 19.6. The SMILES string of the molecule is CCCCC/C=C\C/C=C\C/C=C\C/C=C\CCCC(=O)OC(CCCCCCC)CCCCCCCCCCCCCC(=O)O. The maximum Gasteiger partial charge on any atom is 0.306 e. The van der Waals surface area contributed by atoms with Crippen molar-refractivity contribution in [3.63, 3.8) is 0 Å². The second kappa shape index (κ2) is 37.4. The van der Waals surface area contributed by atoms with Crippen LogP contribution in [-0.4, -0.2) is 23.1 Å². The highest BCUT2D eigenvalue weighted by Gasteiger charge is 2.14. The van der Waals surface area contributed by atoms with E-state index >= 15 is 0 Å². The van der Waals surface area contributed by atoms with Gasteiger partial charge in [0.2, 0.25) is 0 Å². The Bertz CT molecular complexity index is 779. The summed E-state index contributed by atoms with van der Waals surface area (Å²) in [7, 11) is 0. The zero-order chi connectivity index (χ0) is 33.6. The summed E-state index contributed by atoms with van der Waals surface area (Å²) < 4.78 is 5.98. The van der Waals surface area contributed by atoms with E-state index in [9.17, 15) is 9.59 Å². The highest BCUT2D eigenvalue weighted by atomic mass is 16.5. The van der Waals surface area contributed by atoms with Crippen LogP contribution in [0.15, 0.2) is 48.6 Å². The molecular formula is C42H74O4. The van der Waals surface area contributed by atoms with E-state index in [0.717, 1.165) is 77.0 Å². The molecule has 46 heavy (non-hydrogen) atoms. The molecule has 0 bridgehead atoms. The first-order valence-electron chi connectivity index (χ1n) is 19.6. The fourth-order valence-electron chi connectivity index (χ4n) is 5.65. The lowest BCUT2D eigenvalue weighted by Gasteiger charge is -2.18. The van der Waals surface area contributed by atoms with E-state index in [4.69, 9.17) is 9.84 Å². The number of carbonyl (C=O) groups is 2. The number of carboxylic acid groups (broad SMARTS) is 1. The predicted molar refractivity (Wildman–Crippen MR) is 199 cm³/mol. The van der Waals surface area contributed by atoms with Crippen molar-refractivity contribution in [3.8, 4) is 0 Å². The fourth-order valence-corrected chi connectivity index (χ4v) is 5.65. The number of hydrogen-bond donors (Lipinski definition) is 1. The summed E-state index contributed by atoms with van der Waals surface area (Å²) in [5.74, 6) is -0.692. The molecule has 4 heteroatoms. The Labute approximate surface area is 285 Å². The number of unbranched alkanes of at least 4 members (excludes halogenated alkanes) is 18. The van der Waals surface area contributed by atoms with E-state index < -0.39 is 5.97 Å². The van der Waals surface area contributed by atoms with E-state index in [1.807, 2.05) is 0 Å². The summed E-state index contributed by atoms with van der Waals surface area (Å²) in [6.45, 7) is 4.49. The van der Waals surface area contributed by atoms with E-state index in [1.54, 1.807) is 0 Å². The van der Waals surface area contributed by atoms with Crippen LogP contribution in [0.5, 0.6) is 0 Å². The molecule has 0 spiro atoms. The van der Waals surface area contributed by atoms with Crippen LogP contribution in [0.25, 0.3) is 0 Å². The van der Waals surface area contributed by atoms with Gasteiger partial charge in [-0.25, -0.2) is 0 Å². The minimum Gasteiger partial charge on any atom is -0.481 e. The van der Waals surface area contributed by atoms with Crippen molar-refractivity contribution >= 4 is 11.9 Å². The van der Waals surface area contributed by atoms with Crippen molar-refractivity contribution in [1.29, 1.82) is 0 Å². The van der Waals surface area contributed by atoms with Gasteiger partial charge in [-0.3, -0.25) is 9.59 Å². The molecule has 4 nitrogen and oxygen atoms in total. The lowest BCUT2D eigenvalue weighted by molar-refractivity contribution is -0.150. The average Bonchev–Trinajstić information content (AvgIpc) is 3.04. The third kappa shape index (κ3) is 36.4. The van der Waals surface area contributed by atoms with Crippen LogP contribution in [0, 0.1) is 0 Å². The van der Waals surface area contributed by atoms with Gasteiger partial charge in [0.1, 0.15) is 6.10 Å². The molecule has 0 rings (SSSR count). The molecule has 0 saturated carbocycles. The van der Waals surface area contributed by atoms with E-state index in [0.29, 0.717) is 12.8 Å². The van der Waals surface area contributed by atoms with Crippen molar-refractivity contribution < 1.29 is 19.4 Å². The Morgan fingerprint density at radius 2 is 0.870 bits per heavy atom. The third-order valence-corrected chi connectivity index (χ3v) is 8.55. The number of carboxylic acids is 1. The predicted octanol–water partition coefficient (Wildman–Crippen LogP) is 13.6. The summed E-state index contributed by atoms with van der Waals surface area (Å²) in [6, 6.07) is 0. The molecule has 266 valence electrons. The molecule has 1 atom stereocenters. The molecule has 1 N–H and O–H groups in total. The number of rotatable bonds is 35. The van der Waals surface area contributed by atoms with Gasteiger partial charge in [-0.15, -0.1) is 0 Å². The zero-order valence-electron chi connectivity index (χ0n) is 30.4. The Morgan fingerprint density at radius 3 is 1.35 bits per heavy atom. The topological polar surface area (TPSA) is 63.6 Å². The zero-order valence-corrected chi connectivity index (χ0v) is 30.4. The molecule has 0 aliphatic heterocycles. The number of ether oxygens (including phenoxy) is 1. The van der Waals surface area contributed by atoms with Gasteiger partial charge in [0.15, 0.2) is 0 Å². The van der Waals surface area contributed by atoms with E-state index in [1.165, 1.54) is 96.3 Å². The molecule has 0 amide bonds. The van der Waals surface area contributed by atoms with Crippen molar-refractivity contribution in [2.75, 3.05) is 0 Å². The summed E-state index contributed by atoms with van der Waals surface area (Å²) in [5.41, 5.74) is 0. The van der Waals surface area contributed by atoms with Crippen molar-refractivity contribution in [2.45, 2.75) is 206 Å². The van der Waals surface area contributed by atoms with Crippen molar-refractivity contribution in [3.05, 3.63) is 48.6 Å². The third-order valence-electron chi connectivity index (χ3n) is 8.55. The Hall–Kier alpha value is -2.10. The highest BCUT2D eigenvalue weighted by molar-refractivity contribution is 5.69. The number of allylic oxidation sites excluding steroid dienone is 8. The van der Waals surface area contributed by atoms with Crippen molar-refractivity contribution in [2.24, 2.45) is 0 Å². The first-order chi connectivity index (χ1) is 22.6. The Morgan fingerprint density at radius 1 is 0.478 bits per heavy atom. The normalized spacial score (nSPS) is 12.7. The second-order valence-corrected chi connectivity index (χ2v) is 13.1. The van der Waals surface area contributed by atoms with Crippen LogP contribution in [0.4, 0.5) is 0 Å². The molecule has 0 saturated heterocycles. The molecule has 0 heterocycles. The van der Waals surface area contributed by atoms with Crippen LogP contribution in [0.3, 0.4) is 0 Å². The lowest BCUT2D eigenvalue weighted by atomic mass is 10.0. The minimum absolute atomic E-state index is 0.0163. The van der Waals surface area contributed by atoms with Crippen LogP contribution in [-0.2, 0) is 14.3 Å². The Balaban J connectivity index is 4.01. The van der Waals surface area contributed by atoms with Gasteiger partial charge in [0, 0.05) is 12.8 Å². The largest absolute Gasteiger partial charge is 0.481 e. The smallest absolute Gasteiger partial charge is 0.306 e. The first kappa shape index (κ1) is 43.9. The van der Waals surface area contributed by atoms with Gasteiger partial charge in [-0.2, -0.15) is 0 Å². The van der Waals surface area contributed by atoms with E-state index in [2.05, 4.69) is 62.5 Å². The molecule has 0 aromatic heterocycles. The number of esters is 1. The molecule has 0 aliphatic rings. The highest BCUT2D eigenvalue weighted by Crippen LogP contribution is 2.18. The molecule has 0 fully saturated rings. The molecular weight excluding hydrogens is 568 g/mol. The monoisotopic (exact) mass is 643 g/mol. The number of hydrogen-bond acceptors (Lipinski definition) is 3. The molecule has 0 radical (unpaired) electrons. The molecule has 0 aromatic carbocycles. The Kier molecular flexibility index (Phi) is 35.7. The maximum atomic E-state index is 12.6. The van der Waals surface area contributed by atoms with Gasteiger partial charge < -0.3 is 9.84 Å². The van der Waals surface area contributed by atoms with Gasteiger partial charge in [-0.05, 0) is 77.0 Å². The molecule has 0 aliphatic carbocycles. The van der Waals surface area contributed by atoms with E-state index in [-0.39, 0.29) is 12.1 Å². The molecule has 0 aromatic rings. The summed E-state index contributed by atoms with van der Waals surface area (Å²) in [4.78, 5) is 23.2. The maximum absolute atomic E-state index is 12.6. The van der Waals surface area contributed by atoms with Gasteiger partial charge in [0.05, 0.1) is 0 Å². The summed E-state index contributed by atoms with van der Waals surface area (Å²) in [6.07, 6.45) is 50.0. The fraction of sp³-hybridized carbons (Fsp3) is 0.762. The summed E-state index contributed by atoms with van der Waals surface area (Å²) >= 11 is 0. The minimum atomic E-state index is -0.675. The summed E-state index contributed by atoms with van der Waals surface area (Å²) in [5, 5.41) is 8.69. The van der Waals surface area contributed by atoms with Crippen LogP contribution >= 0.6 is 0 Å². The number of carbonyl (C=O) groups excluding carboxylic acids is 1. The van der Waals surface area contributed by atoms with Crippen LogP contribution < -0.4 is 0 Å². The second-order valence-electron chi connectivity index (χ2n) is 13.1. The van der Waals surface area contributed by atoms with Crippen LogP contribution in [0.2, 0.25) is 0 Å². The quantitative estimate of drug-likeness (QED) is 0.0424. The van der Waals surface area contributed by atoms with Gasteiger partial charge in [-0.1, -0.05) is 159 Å². The molecule has 1 unspecified atom stereocenters. The standard InChI is InChI=1S/C42H74O4/c1-3-5-7-9-10-11-12-13-14-15-16-17-21-24-27-31-35-39-42(45)46-40(36-32-28-8-6-4-2)37-33-29-25-22-19-18-20-23-26-30-34-38-41(43)44/h10-11,13-14,16-17,24,27,40H,3-9,12,15,18-23,25-26,28-39H2,1-2H3,(H,43,44)/b11-10-,14-13-,17-16-,27-24-. The number of aliphatic carboxylic acids is 1. The average molecular weight is 643 g/mol. The van der Waals surface area contributed by atoms with Crippen molar-refractivity contribution in [1.82, 2.24) is 0 Å². The van der Waals surface area contributed by atoms with Gasteiger partial charge >= 0.3 is 11.9 Å². The van der Waals surface area contributed by atoms with Crippen LogP contribution in [0.1, 0.15) is 200 Å². The van der Waals surface area contributed by atoms with Gasteiger partial charge in [0.25, 0.3) is 0 Å².